The minimum Gasteiger partial charge on any atom is -0.309 e. The van der Waals surface area contributed by atoms with Crippen molar-refractivity contribution >= 4 is 90.2 Å². The summed E-state index contributed by atoms with van der Waals surface area (Å²) in [5.41, 5.74) is 20.7. The lowest BCUT2D eigenvalue weighted by molar-refractivity contribution is 0.569. The molecule has 0 aliphatic carbocycles. The quantitative estimate of drug-likeness (QED) is 0.161. The van der Waals surface area contributed by atoms with Crippen LogP contribution >= 0.6 is 23.5 Å². The Hall–Kier alpha value is -8.46. The van der Waals surface area contributed by atoms with Crippen LogP contribution in [0.15, 0.2) is 220 Å². The van der Waals surface area contributed by atoms with Gasteiger partial charge in [0.15, 0.2) is 0 Å². The molecule has 0 saturated carbocycles. The standard InChI is InChI=1S/C70H51BN4S2/c1-69(2,3)48-32-46(33-49(38-48)70(4,5)6)47-36-66-68-67(37-47)77-65-35-44(56-31-42(40-72)23-30-63(56)75-61-21-13-9-17-53(61)54-18-10-14-22-62(54)75)26-29-58(65)71(68)57-28-25-43(34-64(57)76-66)55-39-50(27-24-45(55)41-73)74-59-19-11-7-15-51(59)52-16-8-12-20-60(52)74/h7-39H,1-6H3. The van der Waals surface area contributed by atoms with E-state index in [4.69, 9.17) is 0 Å². The largest absolute Gasteiger partial charge is 0.309 e. The molecule has 14 rings (SSSR count). The van der Waals surface area contributed by atoms with E-state index >= 15 is 0 Å². The zero-order chi connectivity index (χ0) is 52.5. The Kier molecular flexibility index (Phi) is 10.7. The van der Waals surface area contributed by atoms with Gasteiger partial charge in [0.1, 0.15) is 0 Å². The predicted molar refractivity (Wildman–Crippen MR) is 324 cm³/mol. The molecule has 0 spiro atoms. The molecule has 2 aromatic heterocycles. The van der Waals surface area contributed by atoms with Crippen molar-refractivity contribution in [1.82, 2.24) is 9.13 Å². The van der Waals surface area contributed by atoms with Crippen LogP contribution in [0.1, 0.15) is 63.8 Å². The number of fused-ring (bicyclic) bond motifs is 10. The number of rotatable bonds is 5. The van der Waals surface area contributed by atoms with Gasteiger partial charge in [-0.1, -0.05) is 191 Å². The van der Waals surface area contributed by atoms with Crippen molar-refractivity contribution in [1.29, 1.82) is 10.5 Å². The Labute approximate surface area is 458 Å². The van der Waals surface area contributed by atoms with E-state index < -0.39 is 0 Å². The molecule has 0 bridgehead atoms. The molecule has 0 amide bonds. The molecule has 2 aliphatic heterocycles. The van der Waals surface area contributed by atoms with Crippen molar-refractivity contribution in [3.63, 3.8) is 0 Å². The SMILES string of the molecule is CC(C)(C)c1cc(-c2cc3c4c(c2)Sc2cc(-c5cc(C#N)ccc5-n5c6ccccc6c6ccccc65)ccc2B4c2ccc(-c4cc(-n5c6ccccc6c6ccccc65)ccc4C#N)cc2S3)cc(C(C)(C)C)c1. The molecule has 10 aromatic carbocycles. The molecule has 0 N–H and O–H groups in total. The summed E-state index contributed by atoms with van der Waals surface area (Å²) >= 11 is 3.72. The van der Waals surface area contributed by atoms with E-state index in [1.165, 1.54) is 79.8 Å². The number of hydrogen-bond donors (Lipinski definition) is 0. The number of benzene rings is 10. The van der Waals surface area contributed by atoms with Crippen molar-refractivity contribution in [3.05, 3.63) is 222 Å². The van der Waals surface area contributed by atoms with Crippen LogP contribution in [-0.2, 0) is 10.8 Å². The maximum atomic E-state index is 10.7. The first-order valence-corrected chi connectivity index (χ1v) is 28.0. The van der Waals surface area contributed by atoms with E-state index in [-0.39, 0.29) is 17.5 Å². The van der Waals surface area contributed by atoms with Crippen LogP contribution in [0.5, 0.6) is 0 Å². The topological polar surface area (TPSA) is 57.4 Å². The molecule has 7 heteroatoms. The van der Waals surface area contributed by atoms with Crippen LogP contribution in [0, 0.1) is 22.7 Å². The fraction of sp³-hybridized carbons (Fsp3) is 0.114. The molecular formula is C70H51BN4S2. The fourth-order valence-corrected chi connectivity index (χ4v) is 14.6. The lowest BCUT2D eigenvalue weighted by Crippen LogP contribution is -2.58. The van der Waals surface area contributed by atoms with Crippen LogP contribution in [0.3, 0.4) is 0 Å². The summed E-state index contributed by atoms with van der Waals surface area (Å²) in [6.07, 6.45) is 0. The molecule has 4 nitrogen and oxygen atoms in total. The van der Waals surface area contributed by atoms with Gasteiger partial charge >= 0.3 is 0 Å². The maximum absolute atomic E-state index is 10.7. The Balaban J connectivity index is 0.962. The summed E-state index contributed by atoms with van der Waals surface area (Å²) in [4.78, 5) is 4.89. The van der Waals surface area contributed by atoms with Gasteiger partial charge in [-0.15, -0.1) is 0 Å². The van der Waals surface area contributed by atoms with Gasteiger partial charge in [0.25, 0.3) is 0 Å². The van der Waals surface area contributed by atoms with Gasteiger partial charge in [0.05, 0.1) is 51.0 Å². The van der Waals surface area contributed by atoms with Gasteiger partial charge < -0.3 is 9.13 Å². The smallest absolute Gasteiger partial charge is 0.247 e. The van der Waals surface area contributed by atoms with Gasteiger partial charge in [-0.25, -0.2) is 0 Å². The van der Waals surface area contributed by atoms with Crippen molar-refractivity contribution in [2.75, 3.05) is 0 Å². The first-order chi connectivity index (χ1) is 37.3. The average molecular weight is 1020 g/mol. The zero-order valence-corrected chi connectivity index (χ0v) is 45.4. The molecule has 0 unspecified atom stereocenters. The van der Waals surface area contributed by atoms with Gasteiger partial charge in [0, 0.05) is 57.9 Å². The highest BCUT2D eigenvalue weighted by molar-refractivity contribution is 8.01. The van der Waals surface area contributed by atoms with Crippen molar-refractivity contribution in [2.45, 2.75) is 72.0 Å². The lowest BCUT2D eigenvalue weighted by atomic mass is 9.36. The first-order valence-electron chi connectivity index (χ1n) is 26.4. The molecule has 0 saturated heterocycles. The molecule has 12 aromatic rings. The monoisotopic (exact) mass is 1020 g/mol. The molecule has 0 radical (unpaired) electrons. The first kappa shape index (κ1) is 47.0. The van der Waals surface area contributed by atoms with Gasteiger partial charge in [-0.2, -0.15) is 10.5 Å². The second-order valence-corrected chi connectivity index (χ2v) is 24.9. The summed E-state index contributed by atoms with van der Waals surface area (Å²) < 4.78 is 4.69. The summed E-state index contributed by atoms with van der Waals surface area (Å²) in [5.74, 6) is 0. The molecule has 0 fully saturated rings. The number of para-hydroxylation sites is 4. The highest BCUT2D eigenvalue weighted by Gasteiger charge is 2.39. The van der Waals surface area contributed by atoms with E-state index in [0.717, 1.165) is 55.7 Å². The minimum atomic E-state index is -0.0418. The zero-order valence-electron chi connectivity index (χ0n) is 43.7. The number of nitriles is 2. The third-order valence-corrected chi connectivity index (χ3v) is 18.3. The van der Waals surface area contributed by atoms with Crippen LogP contribution < -0.4 is 16.4 Å². The molecule has 4 heterocycles. The number of aromatic nitrogens is 2. The average Bonchev–Trinajstić information content (AvgIpc) is 4.10. The Bertz CT molecular complexity index is 4450. The van der Waals surface area contributed by atoms with Crippen LogP contribution in [0.2, 0.25) is 0 Å². The maximum Gasteiger partial charge on any atom is 0.247 e. The lowest BCUT2D eigenvalue weighted by Gasteiger charge is -2.34. The second kappa shape index (κ2) is 17.6. The minimum absolute atomic E-state index is 0.0303. The van der Waals surface area contributed by atoms with Crippen LogP contribution in [-0.4, -0.2) is 15.8 Å². The molecule has 2 aliphatic rings. The Morgan fingerprint density at radius 2 is 0.870 bits per heavy atom. The van der Waals surface area contributed by atoms with Crippen molar-refractivity contribution in [3.8, 4) is 56.9 Å². The highest BCUT2D eigenvalue weighted by atomic mass is 32.2. The van der Waals surface area contributed by atoms with E-state index in [1.807, 2.05) is 35.7 Å². The van der Waals surface area contributed by atoms with Gasteiger partial charge in [0.2, 0.25) is 6.71 Å². The summed E-state index contributed by atoms with van der Waals surface area (Å²) in [6, 6.07) is 77.8. The Morgan fingerprint density at radius 3 is 1.36 bits per heavy atom. The van der Waals surface area contributed by atoms with Crippen LogP contribution in [0.25, 0.3) is 88.4 Å². The third kappa shape index (κ3) is 7.59. The molecule has 77 heavy (non-hydrogen) atoms. The van der Waals surface area contributed by atoms with Crippen LogP contribution in [0.4, 0.5) is 0 Å². The molecule has 366 valence electrons. The second-order valence-electron chi connectivity index (χ2n) is 22.8. The normalized spacial score (nSPS) is 12.9. The third-order valence-electron chi connectivity index (χ3n) is 16.0. The summed E-state index contributed by atoms with van der Waals surface area (Å²) in [7, 11) is 0. The number of hydrogen-bond acceptors (Lipinski definition) is 4. The fourth-order valence-electron chi connectivity index (χ4n) is 12.1. The van der Waals surface area contributed by atoms with Crippen molar-refractivity contribution in [2.24, 2.45) is 0 Å². The van der Waals surface area contributed by atoms with E-state index in [1.54, 1.807) is 0 Å². The van der Waals surface area contributed by atoms with Gasteiger partial charge in [-0.05, 0) is 135 Å². The van der Waals surface area contributed by atoms with Gasteiger partial charge in [-0.3, -0.25) is 0 Å². The van der Waals surface area contributed by atoms with Crippen molar-refractivity contribution < 1.29 is 0 Å². The summed E-state index contributed by atoms with van der Waals surface area (Å²) in [6.45, 7) is 13.8. The number of nitrogens with zero attached hydrogens (tertiary/aromatic N) is 4. The van der Waals surface area contributed by atoms with E-state index in [0.29, 0.717) is 11.1 Å². The molecular weight excluding hydrogens is 972 g/mol. The Morgan fingerprint density at radius 1 is 0.403 bits per heavy atom. The molecule has 0 atom stereocenters. The van der Waals surface area contributed by atoms with E-state index in [2.05, 4.69) is 251 Å². The van der Waals surface area contributed by atoms with E-state index in [9.17, 15) is 10.5 Å². The summed E-state index contributed by atoms with van der Waals surface area (Å²) in [5, 5.41) is 25.9. The highest BCUT2D eigenvalue weighted by Crippen LogP contribution is 2.46. The predicted octanol–water partition coefficient (Wildman–Crippen LogP) is 16.7.